The smallest absolute Gasteiger partial charge is 0.339 e. The van der Waals surface area contributed by atoms with Crippen LogP contribution in [-0.2, 0) is 18.0 Å². The maximum Gasteiger partial charge on any atom is 0.339 e. The fraction of sp³-hybridized carbons (Fsp3) is 0.200. The Morgan fingerprint density at radius 2 is 1.03 bits per heavy atom. The van der Waals surface area contributed by atoms with E-state index in [9.17, 15) is 14.7 Å². The van der Waals surface area contributed by atoms with E-state index in [2.05, 4.69) is 54.0 Å². The predicted octanol–water partition coefficient (Wildman–Crippen LogP) is 14.2. The van der Waals surface area contributed by atoms with Crippen molar-refractivity contribution in [3.8, 4) is 11.5 Å². The fourth-order valence-corrected chi connectivity index (χ4v) is 8.56. The van der Waals surface area contributed by atoms with E-state index in [1.807, 2.05) is 85.1 Å². The summed E-state index contributed by atoms with van der Waals surface area (Å²) in [5, 5.41) is 10.7. The fourth-order valence-electron chi connectivity index (χ4n) is 7.58. The van der Waals surface area contributed by atoms with Gasteiger partial charge in [-0.25, -0.2) is 9.59 Å². The summed E-state index contributed by atoms with van der Waals surface area (Å²) in [6.45, 7) is 3.02. The van der Waals surface area contributed by atoms with Crippen LogP contribution in [0.1, 0.15) is 99.5 Å². The van der Waals surface area contributed by atoms with Gasteiger partial charge in [-0.05, 0) is 163 Å². The highest BCUT2D eigenvalue weighted by Gasteiger charge is 2.24. The Bertz CT molecular complexity index is 2650. The minimum absolute atomic E-state index is 0.194. The molecule has 0 spiro atoms. The predicted molar refractivity (Wildman–Crippen MR) is 253 cm³/mol. The zero-order valence-electron chi connectivity index (χ0n) is 33.8. The SMILES string of the molecule is CCOC(=O)c1cncc(C2=C(c3cc(Br)ccc3OCc3ccc(Cl)cc3)CCC2)c1.O=C(O)c1cncc(C2=C(c3cc(Br)ccc3OCc3ccc(Cl)cc3)CCC2)c1. The van der Waals surface area contributed by atoms with Gasteiger partial charge in [0.15, 0.2) is 0 Å². The van der Waals surface area contributed by atoms with Gasteiger partial charge in [0, 0.05) is 54.9 Å². The number of ether oxygens (including phenoxy) is 3. The molecule has 2 aliphatic carbocycles. The number of esters is 1. The van der Waals surface area contributed by atoms with Crippen molar-refractivity contribution in [1.29, 1.82) is 0 Å². The highest BCUT2D eigenvalue weighted by molar-refractivity contribution is 9.10. The topological polar surface area (TPSA) is 108 Å². The molecule has 2 aromatic heterocycles. The summed E-state index contributed by atoms with van der Waals surface area (Å²) in [4.78, 5) is 32.0. The molecule has 0 saturated heterocycles. The summed E-state index contributed by atoms with van der Waals surface area (Å²) >= 11 is 19.1. The standard InChI is InChI=1S/C26H23BrClNO3.C24H19BrClNO3/c1-2-31-26(30)19-12-18(14-29-15-19)22-4-3-5-23(22)24-13-20(27)8-11-25(24)32-16-17-6-9-21(28)10-7-17;25-18-6-9-23(30-14-15-4-7-19(26)8-5-15)22(11-18)21-3-1-2-20(21)16-10-17(24(28)29)13-27-12-16/h6-15H,2-5,16H2,1H3;4-13H,1-3,14H2,(H,28,29). The molecule has 0 radical (unpaired) electrons. The number of benzene rings is 4. The monoisotopic (exact) mass is 994 g/mol. The molecule has 0 saturated carbocycles. The maximum absolute atomic E-state index is 12.2. The van der Waals surface area contributed by atoms with Gasteiger partial charge < -0.3 is 19.3 Å². The molecule has 0 aliphatic heterocycles. The number of rotatable bonds is 13. The first-order valence-electron chi connectivity index (χ1n) is 20.2. The molecule has 8 nitrogen and oxygen atoms in total. The second kappa shape index (κ2) is 21.2. The van der Waals surface area contributed by atoms with Crippen LogP contribution in [0.15, 0.2) is 131 Å². The zero-order chi connectivity index (χ0) is 43.6. The van der Waals surface area contributed by atoms with Crippen molar-refractivity contribution in [2.45, 2.75) is 58.7 Å². The third-order valence-corrected chi connectivity index (χ3v) is 12.0. The third kappa shape index (κ3) is 11.4. The number of carbonyl (C=O) groups is 2. The van der Waals surface area contributed by atoms with Crippen LogP contribution < -0.4 is 9.47 Å². The Balaban J connectivity index is 0.000000187. The van der Waals surface area contributed by atoms with Crippen molar-refractivity contribution in [3.05, 3.63) is 185 Å². The lowest BCUT2D eigenvalue weighted by molar-refractivity contribution is 0.0525. The van der Waals surface area contributed by atoms with E-state index in [1.54, 1.807) is 25.4 Å². The molecular formula is C50H42Br2Cl2N2O6. The van der Waals surface area contributed by atoms with E-state index in [4.69, 9.17) is 37.4 Å². The van der Waals surface area contributed by atoms with Crippen molar-refractivity contribution >= 4 is 89.3 Å². The van der Waals surface area contributed by atoms with Crippen LogP contribution in [0.3, 0.4) is 0 Å². The van der Waals surface area contributed by atoms with Gasteiger partial charge in [-0.3, -0.25) is 9.97 Å². The first-order valence-corrected chi connectivity index (χ1v) is 22.5. The molecular weight excluding hydrogens is 955 g/mol. The molecule has 2 heterocycles. The van der Waals surface area contributed by atoms with Gasteiger partial charge >= 0.3 is 11.9 Å². The van der Waals surface area contributed by atoms with Gasteiger partial charge in [0.05, 0.1) is 17.7 Å². The van der Waals surface area contributed by atoms with Gasteiger partial charge in [0.2, 0.25) is 0 Å². The summed E-state index contributed by atoms with van der Waals surface area (Å²) < 4.78 is 19.5. The second-order valence-corrected chi connectivity index (χ2v) is 17.4. The quantitative estimate of drug-likeness (QED) is 0.114. The van der Waals surface area contributed by atoms with E-state index in [-0.39, 0.29) is 11.5 Å². The summed E-state index contributed by atoms with van der Waals surface area (Å²) in [6.07, 6.45) is 12.2. The van der Waals surface area contributed by atoms with E-state index >= 15 is 0 Å². The molecule has 0 amide bonds. The zero-order valence-corrected chi connectivity index (χ0v) is 38.5. The molecule has 6 aromatic rings. The molecule has 4 aromatic carbocycles. The minimum Gasteiger partial charge on any atom is -0.488 e. The molecule has 62 heavy (non-hydrogen) atoms. The summed E-state index contributed by atoms with van der Waals surface area (Å²) in [7, 11) is 0. The molecule has 0 fully saturated rings. The van der Waals surface area contributed by atoms with Gasteiger partial charge in [0.1, 0.15) is 24.7 Å². The Hall–Kier alpha value is -5.26. The van der Waals surface area contributed by atoms with Crippen LogP contribution in [-0.4, -0.2) is 33.6 Å². The Morgan fingerprint density at radius 1 is 0.597 bits per heavy atom. The largest absolute Gasteiger partial charge is 0.488 e. The van der Waals surface area contributed by atoms with Gasteiger partial charge in [0.25, 0.3) is 0 Å². The minimum atomic E-state index is -0.973. The van der Waals surface area contributed by atoms with E-state index in [0.29, 0.717) is 35.4 Å². The molecule has 12 heteroatoms. The van der Waals surface area contributed by atoms with Crippen molar-refractivity contribution < 1.29 is 28.9 Å². The molecule has 2 aliphatic rings. The van der Waals surface area contributed by atoms with Gasteiger partial charge in [-0.1, -0.05) is 79.3 Å². The van der Waals surface area contributed by atoms with Crippen LogP contribution in [0, 0.1) is 0 Å². The average Bonchev–Trinajstić information content (AvgIpc) is 3.98. The number of nitrogens with zero attached hydrogens (tertiary/aromatic N) is 2. The average molecular weight is 998 g/mol. The number of carbonyl (C=O) groups excluding carboxylic acids is 1. The van der Waals surface area contributed by atoms with Crippen LogP contribution in [0.2, 0.25) is 10.0 Å². The lowest BCUT2D eigenvalue weighted by atomic mass is 9.96. The van der Waals surface area contributed by atoms with Crippen molar-refractivity contribution in [3.63, 3.8) is 0 Å². The lowest BCUT2D eigenvalue weighted by Crippen LogP contribution is -2.05. The highest BCUT2D eigenvalue weighted by Crippen LogP contribution is 2.45. The van der Waals surface area contributed by atoms with Crippen LogP contribution in [0.25, 0.3) is 22.3 Å². The summed E-state index contributed by atoms with van der Waals surface area (Å²) in [5.41, 5.74) is 11.3. The first kappa shape index (κ1) is 44.8. The first-order chi connectivity index (χ1) is 30.1. The number of allylic oxidation sites excluding steroid dienone is 4. The number of hydrogen-bond donors (Lipinski definition) is 1. The molecule has 0 unspecified atom stereocenters. The number of halogens is 4. The van der Waals surface area contributed by atoms with E-state index in [1.165, 1.54) is 22.9 Å². The number of pyridine rings is 2. The molecule has 0 atom stereocenters. The van der Waals surface area contributed by atoms with Crippen LogP contribution in [0.5, 0.6) is 11.5 Å². The van der Waals surface area contributed by atoms with Crippen molar-refractivity contribution in [2.75, 3.05) is 6.61 Å². The maximum atomic E-state index is 12.2. The Kier molecular flexibility index (Phi) is 15.3. The van der Waals surface area contributed by atoms with Gasteiger partial charge in [-0.15, -0.1) is 0 Å². The van der Waals surface area contributed by atoms with E-state index in [0.717, 1.165) is 97.9 Å². The van der Waals surface area contributed by atoms with Crippen LogP contribution >= 0.6 is 55.1 Å². The molecule has 1 N–H and O–H groups in total. The van der Waals surface area contributed by atoms with Crippen LogP contribution in [0.4, 0.5) is 0 Å². The van der Waals surface area contributed by atoms with E-state index < -0.39 is 5.97 Å². The number of hydrogen-bond acceptors (Lipinski definition) is 7. The Morgan fingerprint density at radius 3 is 1.48 bits per heavy atom. The third-order valence-electron chi connectivity index (χ3n) is 10.5. The van der Waals surface area contributed by atoms with Crippen molar-refractivity contribution in [1.82, 2.24) is 9.97 Å². The summed E-state index contributed by atoms with van der Waals surface area (Å²) in [6, 6.07) is 30.9. The lowest BCUT2D eigenvalue weighted by Gasteiger charge is -2.15. The summed E-state index contributed by atoms with van der Waals surface area (Å²) in [5.74, 6) is 0.298. The van der Waals surface area contributed by atoms with Gasteiger partial charge in [-0.2, -0.15) is 0 Å². The molecule has 0 bridgehead atoms. The number of carboxylic acids is 1. The highest BCUT2D eigenvalue weighted by atomic mass is 79.9. The molecule has 316 valence electrons. The van der Waals surface area contributed by atoms with Crippen molar-refractivity contribution in [2.24, 2.45) is 0 Å². The second-order valence-electron chi connectivity index (χ2n) is 14.7. The molecule has 8 rings (SSSR count). The Labute approximate surface area is 387 Å². The number of aromatic nitrogens is 2. The normalized spacial score (nSPS) is 13.4. The number of aromatic carboxylic acids is 1. The number of carboxylic acid groups (broad SMARTS) is 1.